The van der Waals surface area contributed by atoms with Gasteiger partial charge in [0.1, 0.15) is 19.0 Å². The molecule has 29 heavy (non-hydrogen) atoms. The Morgan fingerprint density at radius 1 is 1.21 bits per heavy atom. The number of hydrogen-bond acceptors (Lipinski definition) is 8. The van der Waals surface area contributed by atoms with Crippen LogP contribution in [0.4, 0.5) is 5.69 Å². The summed E-state index contributed by atoms with van der Waals surface area (Å²) in [4.78, 5) is 12.3. The molecule has 9 nitrogen and oxygen atoms in total. The molecule has 1 aliphatic rings. The van der Waals surface area contributed by atoms with Crippen molar-refractivity contribution in [1.82, 2.24) is 14.9 Å². The minimum atomic E-state index is -0.200. The topological polar surface area (TPSA) is 114 Å². The van der Waals surface area contributed by atoms with Crippen molar-refractivity contribution >= 4 is 23.4 Å². The third-order valence-corrected chi connectivity index (χ3v) is 5.11. The summed E-state index contributed by atoms with van der Waals surface area (Å²) >= 11 is 1.19. The number of carbonyl (C=O) groups excluding carboxylic acids is 1. The number of nitrogens with one attached hydrogen (secondary N) is 1. The van der Waals surface area contributed by atoms with E-state index in [1.807, 2.05) is 24.3 Å². The molecule has 150 valence electrons. The van der Waals surface area contributed by atoms with Gasteiger partial charge >= 0.3 is 0 Å². The lowest BCUT2D eigenvalue weighted by Crippen LogP contribution is -2.18. The van der Waals surface area contributed by atoms with Crippen LogP contribution < -0.4 is 25.4 Å². The van der Waals surface area contributed by atoms with Crippen LogP contribution in [0.5, 0.6) is 17.2 Å². The molecule has 3 N–H and O–H groups in total. The number of fused-ring (bicyclic) bond motifs is 1. The van der Waals surface area contributed by atoms with Gasteiger partial charge < -0.3 is 25.4 Å². The number of hydrogen-bond donors (Lipinski definition) is 2. The number of para-hydroxylation sites is 1. The molecule has 0 aliphatic carbocycles. The molecule has 0 saturated heterocycles. The first-order valence-corrected chi connectivity index (χ1v) is 9.80. The minimum absolute atomic E-state index is 0.121. The Kier molecular flexibility index (Phi) is 5.43. The largest absolute Gasteiger partial charge is 0.496 e. The summed E-state index contributed by atoms with van der Waals surface area (Å²) in [5.41, 5.74) is 1.35. The van der Waals surface area contributed by atoms with Crippen molar-refractivity contribution in [2.45, 2.75) is 5.16 Å². The molecule has 4 rings (SSSR count). The van der Waals surface area contributed by atoms with Crippen LogP contribution >= 0.6 is 11.8 Å². The van der Waals surface area contributed by atoms with Gasteiger partial charge in [-0.1, -0.05) is 23.9 Å². The minimum Gasteiger partial charge on any atom is -0.496 e. The number of anilines is 1. The van der Waals surface area contributed by atoms with Gasteiger partial charge in [0.15, 0.2) is 17.3 Å². The first-order chi connectivity index (χ1) is 14.2. The van der Waals surface area contributed by atoms with Crippen LogP contribution in [0.25, 0.3) is 11.4 Å². The highest BCUT2D eigenvalue weighted by molar-refractivity contribution is 7.99. The Morgan fingerprint density at radius 3 is 2.83 bits per heavy atom. The highest BCUT2D eigenvalue weighted by atomic mass is 32.2. The van der Waals surface area contributed by atoms with Crippen molar-refractivity contribution in [2.75, 3.05) is 37.2 Å². The second-order valence-corrected chi connectivity index (χ2v) is 7.01. The lowest BCUT2D eigenvalue weighted by molar-refractivity contribution is -0.113. The Balaban J connectivity index is 1.40. The average molecular weight is 413 g/mol. The molecular formula is C19H19N5O4S. The standard InChI is InChI=1S/C19H19N5O4S/c1-26-14-5-3-2-4-13(14)18-22-23-19(24(18)20)29-11-17(25)21-12-6-7-15-16(10-12)28-9-8-27-15/h2-7,10H,8-9,11,20H2,1H3,(H,21,25). The maximum atomic E-state index is 12.3. The highest BCUT2D eigenvalue weighted by Crippen LogP contribution is 2.33. The van der Waals surface area contributed by atoms with Gasteiger partial charge in [-0.3, -0.25) is 4.79 Å². The van der Waals surface area contributed by atoms with Crippen LogP contribution in [0.1, 0.15) is 0 Å². The maximum absolute atomic E-state index is 12.3. The molecule has 3 aromatic rings. The van der Waals surface area contributed by atoms with Gasteiger partial charge in [-0.25, -0.2) is 4.68 Å². The molecule has 0 atom stereocenters. The third-order valence-electron chi connectivity index (χ3n) is 4.17. The average Bonchev–Trinajstić information content (AvgIpc) is 3.12. The van der Waals surface area contributed by atoms with E-state index in [1.165, 1.54) is 16.4 Å². The van der Waals surface area contributed by atoms with Gasteiger partial charge in [0, 0.05) is 11.8 Å². The van der Waals surface area contributed by atoms with Crippen LogP contribution in [-0.2, 0) is 4.79 Å². The summed E-state index contributed by atoms with van der Waals surface area (Å²) in [5, 5.41) is 11.5. The van der Waals surface area contributed by atoms with Gasteiger partial charge in [0.25, 0.3) is 0 Å². The molecule has 0 radical (unpaired) electrons. The number of methoxy groups -OCH3 is 1. The molecule has 10 heteroatoms. The van der Waals surface area contributed by atoms with Crippen molar-refractivity contribution in [1.29, 1.82) is 0 Å². The highest BCUT2D eigenvalue weighted by Gasteiger charge is 2.17. The zero-order valence-corrected chi connectivity index (χ0v) is 16.4. The lowest BCUT2D eigenvalue weighted by atomic mass is 10.2. The number of rotatable bonds is 6. The number of amides is 1. The molecule has 0 unspecified atom stereocenters. The molecule has 1 aliphatic heterocycles. The third kappa shape index (κ3) is 4.06. The molecule has 2 aromatic carbocycles. The Morgan fingerprint density at radius 2 is 2.00 bits per heavy atom. The molecule has 0 spiro atoms. The predicted molar refractivity (Wildman–Crippen MR) is 109 cm³/mol. The number of thioether (sulfide) groups is 1. The van der Waals surface area contributed by atoms with Gasteiger partial charge in [0.05, 0.1) is 18.4 Å². The van der Waals surface area contributed by atoms with Crippen LogP contribution in [0.2, 0.25) is 0 Å². The first-order valence-electron chi connectivity index (χ1n) is 8.82. The number of nitrogen functional groups attached to an aromatic ring is 1. The van der Waals surface area contributed by atoms with E-state index in [4.69, 9.17) is 20.1 Å². The number of benzene rings is 2. The van der Waals surface area contributed by atoms with Crippen molar-refractivity contribution in [2.24, 2.45) is 0 Å². The summed E-state index contributed by atoms with van der Waals surface area (Å²) in [7, 11) is 1.58. The maximum Gasteiger partial charge on any atom is 0.234 e. The van der Waals surface area contributed by atoms with Crippen molar-refractivity contribution < 1.29 is 19.0 Å². The predicted octanol–water partition coefficient (Wildman–Crippen LogP) is 2.17. The number of nitrogens with zero attached hydrogens (tertiary/aromatic N) is 3. The summed E-state index contributed by atoms with van der Waals surface area (Å²) in [6, 6.07) is 12.7. The van der Waals surface area contributed by atoms with Gasteiger partial charge in [-0.2, -0.15) is 0 Å². The molecule has 1 amide bonds. The Bertz CT molecular complexity index is 1040. The summed E-state index contributed by atoms with van der Waals surface area (Å²) < 4.78 is 17.7. The van der Waals surface area contributed by atoms with Gasteiger partial charge in [0.2, 0.25) is 11.1 Å². The van der Waals surface area contributed by atoms with Crippen LogP contribution in [0.15, 0.2) is 47.6 Å². The fourth-order valence-corrected chi connectivity index (χ4v) is 3.49. The van der Waals surface area contributed by atoms with Gasteiger partial charge in [-0.15, -0.1) is 10.2 Å². The summed E-state index contributed by atoms with van der Waals surface area (Å²) in [5.74, 6) is 8.43. The van der Waals surface area contributed by atoms with E-state index in [0.29, 0.717) is 47.1 Å². The fraction of sp³-hybridized carbons (Fsp3) is 0.211. The molecule has 2 heterocycles. The quantitative estimate of drug-likeness (QED) is 0.467. The van der Waals surface area contributed by atoms with E-state index in [-0.39, 0.29) is 11.7 Å². The zero-order chi connectivity index (χ0) is 20.2. The second kappa shape index (κ2) is 8.31. The van der Waals surface area contributed by atoms with Crippen molar-refractivity contribution in [3.05, 3.63) is 42.5 Å². The molecule has 1 aromatic heterocycles. The smallest absolute Gasteiger partial charge is 0.234 e. The SMILES string of the molecule is COc1ccccc1-c1nnc(SCC(=O)Nc2ccc3c(c2)OCCO3)n1N. The van der Waals surface area contributed by atoms with E-state index in [1.54, 1.807) is 25.3 Å². The molecule has 0 bridgehead atoms. The van der Waals surface area contributed by atoms with Crippen molar-refractivity contribution in [3.63, 3.8) is 0 Å². The second-order valence-electron chi connectivity index (χ2n) is 6.07. The van der Waals surface area contributed by atoms with E-state index in [0.717, 1.165) is 5.56 Å². The molecule has 0 saturated carbocycles. The number of nitrogens with two attached hydrogens (primary N) is 1. The summed E-state index contributed by atoms with van der Waals surface area (Å²) in [6.45, 7) is 1.01. The Hall–Kier alpha value is -3.40. The fourth-order valence-electron chi connectivity index (χ4n) is 2.84. The van der Waals surface area contributed by atoms with E-state index in [2.05, 4.69) is 15.5 Å². The van der Waals surface area contributed by atoms with Crippen LogP contribution in [0.3, 0.4) is 0 Å². The first kappa shape index (κ1) is 18.9. The van der Waals surface area contributed by atoms with Crippen LogP contribution in [-0.4, -0.2) is 46.9 Å². The number of ether oxygens (including phenoxy) is 3. The van der Waals surface area contributed by atoms with E-state index in [9.17, 15) is 4.79 Å². The lowest BCUT2D eigenvalue weighted by Gasteiger charge is -2.18. The van der Waals surface area contributed by atoms with Crippen molar-refractivity contribution in [3.8, 4) is 28.6 Å². The molecular weight excluding hydrogens is 394 g/mol. The Labute approximate surface area is 171 Å². The number of aromatic nitrogens is 3. The normalized spacial score (nSPS) is 12.4. The van der Waals surface area contributed by atoms with Gasteiger partial charge in [-0.05, 0) is 24.3 Å². The van der Waals surface area contributed by atoms with E-state index >= 15 is 0 Å². The number of carbonyl (C=O) groups is 1. The van der Waals surface area contributed by atoms with Crippen LogP contribution in [0, 0.1) is 0 Å². The summed E-state index contributed by atoms with van der Waals surface area (Å²) in [6.07, 6.45) is 0. The molecule has 0 fully saturated rings. The zero-order valence-electron chi connectivity index (χ0n) is 15.6. The van der Waals surface area contributed by atoms with E-state index < -0.39 is 0 Å². The monoisotopic (exact) mass is 413 g/mol.